The van der Waals surface area contributed by atoms with Crippen molar-refractivity contribution in [3.63, 3.8) is 0 Å². The summed E-state index contributed by atoms with van der Waals surface area (Å²) in [5.74, 6) is 1.46. The summed E-state index contributed by atoms with van der Waals surface area (Å²) in [7, 11) is 3.96. The van der Waals surface area contributed by atoms with Gasteiger partial charge in [0.1, 0.15) is 30.2 Å². The molecular formula is C39H40FN7O2. The molecule has 9 nitrogen and oxygen atoms in total. The van der Waals surface area contributed by atoms with Crippen LogP contribution in [-0.2, 0) is 4.79 Å². The fraction of sp³-hybridized carbons (Fsp3) is 0.308. The second-order valence-electron chi connectivity index (χ2n) is 13.6. The van der Waals surface area contributed by atoms with Gasteiger partial charge in [-0.25, -0.2) is 9.37 Å². The number of likely N-dealkylation sites (N-methyl/N-ethyl adjacent to an activating group) is 1. The molecule has 2 fully saturated rings. The number of rotatable bonds is 10. The van der Waals surface area contributed by atoms with E-state index in [4.69, 9.17) is 9.72 Å². The van der Waals surface area contributed by atoms with Crippen molar-refractivity contribution in [3.8, 4) is 28.0 Å². The third-order valence-electron chi connectivity index (χ3n) is 9.69. The first-order valence-electron chi connectivity index (χ1n) is 17.1. The number of H-pyrrole nitrogens is 1. The smallest absolute Gasteiger partial charge is 0.224 e. The van der Waals surface area contributed by atoms with Crippen LogP contribution < -0.4 is 20.7 Å². The molecule has 5 aromatic rings. The number of anilines is 2. The minimum atomic E-state index is -0.340. The van der Waals surface area contributed by atoms with Crippen LogP contribution in [0.3, 0.4) is 0 Å². The van der Waals surface area contributed by atoms with Crippen LogP contribution in [0.1, 0.15) is 49.8 Å². The van der Waals surface area contributed by atoms with Crippen LogP contribution in [0, 0.1) is 11.7 Å². The third kappa shape index (κ3) is 6.61. The van der Waals surface area contributed by atoms with E-state index in [2.05, 4.69) is 38.1 Å². The number of amides is 1. The zero-order valence-corrected chi connectivity index (χ0v) is 27.8. The molecule has 2 aromatic carbocycles. The van der Waals surface area contributed by atoms with E-state index in [1.807, 2.05) is 55.5 Å². The molecule has 0 bridgehead atoms. The predicted molar refractivity (Wildman–Crippen MR) is 192 cm³/mol. The Balaban J connectivity index is 1.09. The summed E-state index contributed by atoms with van der Waals surface area (Å²) >= 11 is 0. The van der Waals surface area contributed by atoms with Gasteiger partial charge < -0.3 is 30.6 Å². The van der Waals surface area contributed by atoms with Crippen molar-refractivity contribution in [2.45, 2.75) is 44.7 Å². The zero-order chi connectivity index (χ0) is 33.5. The molecule has 250 valence electrons. The van der Waals surface area contributed by atoms with E-state index < -0.39 is 0 Å². The predicted octanol–water partition coefficient (Wildman–Crippen LogP) is 7.39. The molecule has 49 heavy (non-hydrogen) atoms. The second kappa shape index (κ2) is 13.0. The average Bonchev–Trinajstić information content (AvgIpc) is 3.73. The first kappa shape index (κ1) is 31.1. The summed E-state index contributed by atoms with van der Waals surface area (Å²) < 4.78 is 20.7. The molecule has 3 aromatic heterocycles. The molecule has 1 aliphatic carbocycles. The van der Waals surface area contributed by atoms with Crippen molar-refractivity contribution < 1.29 is 13.9 Å². The van der Waals surface area contributed by atoms with E-state index in [0.29, 0.717) is 30.4 Å². The van der Waals surface area contributed by atoms with Gasteiger partial charge in [-0.15, -0.1) is 0 Å². The number of carbonyl (C=O) groups excluding carboxylic acids is 1. The van der Waals surface area contributed by atoms with E-state index in [9.17, 15) is 9.18 Å². The minimum absolute atomic E-state index is 0.0150. The number of carbonyl (C=O) groups is 1. The summed E-state index contributed by atoms with van der Waals surface area (Å²) in [6.45, 7) is 1.21. The van der Waals surface area contributed by atoms with Crippen LogP contribution in [0.5, 0.6) is 5.75 Å². The molecule has 1 atom stereocenters. The number of hydrogen-bond acceptors (Lipinski definition) is 7. The largest absolute Gasteiger partial charge is 0.492 e. The van der Waals surface area contributed by atoms with E-state index in [0.717, 1.165) is 80.9 Å². The molecular weight excluding hydrogens is 617 g/mol. The van der Waals surface area contributed by atoms with Gasteiger partial charge in [-0.3, -0.25) is 9.78 Å². The van der Waals surface area contributed by atoms with Crippen LogP contribution in [0.4, 0.5) is 15.9 Å². The number of fused-ring (bicyclic) bond motifs is 3. The monoisotopic (exact) mass is 657 g/mol. The van der Waals surface area contributed by atoms with E-state index >= 15 is 0 Å². The lowest BCUT2D eigenvalue weighted by Gasteiger charge is -2.20. The van der Waals surface area contributed by atoms with Gasteiger partial charge >= 0.3 is 0 Å². The highest BCUT2D eigenvalue weighted by Crippen LogP contribution is 2.44. The SMILES string of the molecule is CN(C)CCOc1cc(F)cc(-c2cccc3[nH]c(C4=C5NC5Nc5ncc(-c6cncc(NC(=O)CC7CCCCC7)c6)cc54)cc23)c1. The summed E-state index contributed by atoms with van der Waals surface area (Å²) in [5, 5.41) is 11.0. The number of nitrogens with zero attached hydrogens (tertiary/aromatic N) is 3. The molecule has 0 radical (unpaired) electrons. The number of aromatic nitrogens is 3. The van der Waals surface area contributed by atoms with Gasteiger partial charge in [0.25, 0.3) is 0 Å². The minimum Gasteiger partial charge on any atom is -0.492 e. The Morgan fingerprint density at radius 1 is 0.959 bits per heavy atom. The molecule has 2 aliphatic heterocycles. The van der Waals surface area contributed by atoms with Crippen molar-refractivity contribution in [1.29, 1.82) is 0 Å². The van der Waals surface area contributed by atoms with Crippen LogP contribution >= 0.6 is 0 Å². The molecule has 3 aliphatic rings. The Kier molecular flexibility index (Phi) is 8.25. The Hall–Kier alpha value is -5.22. The van der Waals surface area contributed by atoms with E-state index in [1.165, 1.54) is 25.3 Å². The Labute approximate surface area is 285 Å². The lowest BCUT2D eigenvalue weighted by atomic mass is 9.87. The first-order valence-corrected chi connectivity index (χ1v) is 17.1. The second-order valence-corrected chi connectivity index (χ2v) is 13.6. The van der Waals surface area contributed by atoms with Gasteiger partial charge in [0.15, 0.2) is 0 Å². The molecule has 4 N–H and O–H groups in total. The number of pyridine rings is 2. The molecule has 1 amide bonds. The molecule has 1 saturated heterocycles. The van der Waals surface area contributed by atoms with Gasteiger partial charge in [0.2, 0.25) is 5.91 Å². The maximum absolute atomic E-state index is 14.8. The average molecular weight is 658 g/mol. The third-order valence-corrected chi connectivity index (χ3v) is 9.69. The normalized spacial score (nSPS) is 16.9. The van der Waals surface area contributed by atoms with Crippen molar-refractivity contribution in [3.05, 3.63) is 96.0 Å². The highest BCUT2D eigenvalue weighted by atomic mass is 19.1. The summed E-state index contributed by atoms with van der Waals surface area (Å²) in [6.07, 6.45) is 11.9. The highest BCUT2D eigenvalue weighted by Gasteiger charge is 2.39. The van der Waals surface area contributed by atoms with Crippen molar-refractivity contribution >= 4 is 33.9 Å². The number of ether oxygens (including phenoxy) is 1. The fourth-order valence-corrected chi connectivity index (χ4v) is 7.16. The Morgan fingerprint density at radius 3 is 2.67 bits per heavy atom. The van der Waals surface area contributed by atoms with Crippen molar-refractivity contribution in [1.82, 2.24) is 25.2 Å². The number of nitrogens with one attached hydrogen (secondary N) is 4. The molecule has 1 saturated carbocycles. The van der Waals surface area contributed by atoms with Crippen LogP contribution in [0.25, 0.3) is 38.7 Å². The Morgan fingerprint density at radius 2 is 1.82 bits per heavy atom. The summed E-state index contributed by atoms with van der Waals surface area (Å²) in [5.41, 5.74) is 9.08. The maximum Gasteiger partial charge on any atom is 0.224 e. The standard InChI is InChI=1S/C39H40FN7O2/c1-47(2)11-12-49-29-16-24(14-27(40)18-29)30-9-6-10-33-31(30)19-34(44-33)36-32-17-26(21-42-38(32)46-39-37(36)45-39)25-15-28(22-41-20-25)43-35(48)13-23-7-4-3-5-8-23/h6,9-10,14-23,39,44-45H,3-5,7-8,11-13H2,1-2H3,(H,42,46)(H,43,48). The van der Waals surface area contributed by atoms with Crippen molar-refractivity contribution in [2.75, 3.05) is 37.9 Å². The van der Waals surface area contributed by atoms with Gasteiger partial charge in [-0.05, 0) is 80.4 Å². The topological polar surface area (TPSA) is 117 Å². The van der Waals surface area contributed by atoms with E-state index in [-0.39, 0.29) is 17.9 Å². The van der Waals surface area contributed by atoms with Gasteiger partial charge in [0.05, 0.1) is 17.6 Å². The lowest BCUT2D eigenvalue weighted by molar-refractivity contribution is -0.117. The maximum atomic E-state index is 14.8. The summed E-state index contributed by atoms with van der Waals surface area (Å²) in [6, 6.07) is 17.1. The first-order chi connectivity index (χ1) is 23.9. The quantitative estimate of drug-likeness (QED) is 0.116. The zero-order valence-electron chi connectivity index (χ0n) is 27.8. The van der Waals surface area contributed by atoms with Gasteiger partial charge in [-0.1, -0.05) is 31.4 Å². The molecule has 1 unspecified atom stereocenters. The highest BCUT2D eigenvalue weighted by molar-refractivity contribution is 6.01. The number of benzene rings is 2. The molecule has 0 spiro atoms. The molecule has 8 rings (SSSR count). The number of hydrogen-bond donors (Lipinski definition) is 4. The molecule has 10 heteroatoms. The molecule has 5 heterocycles. The van der Waals surface area contributed by atoms with Crippen molar-refractivity contribution in [2.24, 2.45) is 5.92 Å². The number of halogens is 1. The number of aromatic amines is 1. The van der Waals surface area contributed by atoms with Crippen LogP contribution in [0.2, 0.25) is 0 Å². The fourth-order valence-electron chi connectivity index (χ4n) is 7.16. The van der Waals surface area contributed by atoms with Gasteiger partial charge in [-0.2, -0.15) is 0 Å². The lowest BCUT2D eigenvalue weighted by Crippen LogP contribution is -2.19. The van der Waals surface area contributed by atoms with Gasteiger partial charge in [0, 0.05) is 70.3 Å². The van der Waals surface area contributed by atoms with Crippen LogP contribution in [-0.4, -0.2) is 59.2 Å². The van der Waals surface area contributed by atoms with E-state index in [1.54, 1.807) is 18.5 Å². The summed E-state index contributed by atoms with van der Waals surface area (Å²) in [4.78, 5) is 27.8. The van der Waals surface area contributed by atoms with Crippen LogP contribution in [0.15, 0.2) is 78.9 Å². The Bertz CT molecular complexity index is 2080.